The molecule has 1 aliphatic heterocycles. The van der Waals surface area contributed by atoms with Gasteiger partial charge in [0.25, 0.3) is 0 Å². The molecule has 2 unspecified atom stereocenters. The second-order valence-electron chi connectivity index (χ2n) is 3.38. The number of aliphatic hydroxyl groups is 2. The molecule has 1 saturated heterocycles. The van der Waals surface area contributed by atoms with Crippen molar-refractivity contribution < 1.29 is 19.7 Å². The van der Waals surface area contributed by atoms with Crippen LogP contribution in [0.3, 0.4) is 0 Å². The Morgan fingerprint density at radius 2 is 2.00 bits per heavy atom. The fourth-order valence-corrected chi connectivity index (χ4v) is 1.44. The maximum Gasteiger partial charge on any atom is 0.225 e. The van der Waals surface area contributed by atoms with Crippen LogP contribution in [0, 0.1) is 0 Å². The first-order valence-electron chi connectivity index (χ1n) is 4.86. The summed E-state index contributed by atoms with van der Waals surface area (Å²) in [5.74, 6) is -0.0750. The molecule has 0 aliphatic carbocycles. The van der Waals surface area contributed by atoms with Gasteiger partial charge in [-0.2, -0.15) is 0 Å². The molecule has 0 aromatic rings. The van der Waals surface area contributed by atoms with Crippen molar-refractivity contribution in [2.75, 3.05) is 26.3 Å². The van der Waals surface area contributed by atoms with E-state index < -0.39 is 12.2 Å². The molecular formula is C9H17NO4. The molecule has 1 amide bonds. The molecular weight excluding hydrogens is 186 g/mol. The normalized spacial score (nSPS) is 26.9. The minimum absolute atomic E-state index is 0.0750. The van der Waals surface area contributed by atoms with Gasteiger partial charge in [-0.3, -0.25) is 4.79 Å². The van der Waals surface area contributed by atoms with Crippen molar-refractivity contribution in [3.8, 4) is 0 Å². The van der Waals surface area contributed by atoms with E-state index in [9.17, 15) is 15.0 Å². The standard InChI is InChI=1S/C9H17NO4/c1-2-14-4-3-9(13)10-5-7(11)8(12)6-10/h7-8,11-12H,2-6H2,1H3. The summed E-state index contributed by atoms with van der Waals surface area (Å²) in [4.78, 5) is 12.9. The highest BCUT2D eigenvalue weighted by Crippen LogP contribution is 2.10. The van der Waals surface area contributed by atoms with Crippen LogP contribution in [0.4, 0.5) is 0 Å². The Labute approximate surface area is 83.3 Å². The van der Waals surface area contributed by atoms with Gasteiger partial charge in [0.15, 0.2) is 0 Å². The number of carbonyl (C=O) groups excluding carboxylic acids is 1. The zero-order chi connectivity index (χ0) is 10.6. The molecule has 1 fully saturated rings. The van der Waals surface area contributed by atoms with E-state index in [1.807, 2.05) is 6.92 Å². The van der Waals surface area contributed by atoms with Crippen molar-refractivity contribution in [1.82, 2.24) is 4.90 Å². The van der Waals surface area contributed by atoms with Crippen LogP contribution in [-0.2, 0) is 9.53 Å². The van der Waals surface area contributed by atoms with Crippen molar-refractivity contribution in [2.24, 2.45) is 0 Å². The Hall–Kier alpha value is -0.650. The van der Waals surface area contributed by atoms with Crippen LogP contribution in [0.1, 0.15) is 13.3 Å². The smallest absolute Gasteiger partial charge is 0.225 e. The number of β-amino-alcohol motifs (C(OH)–C–C–N with tert-alkyl or cyclic N) is 2. The summed E-state index contributed by atoms with van der Waals surface area (Å²) in [6.07, 6.45) is -1.29. The van der Waals surface area contributed by atoms with Gasteiger partial charge in [0.2, 0.25) is 5.91 Å². The number of hydrogen-bond donors (Lipinski definition) is 2. The molecule has 5 nitrogen and oxygen atoms in total. The van der Waals surface area contributed by atoms with E-state index >= 15 is 0 Å². The molecule has 0 aromatic carbocycles. The molecule has 1 heterocycles. The van der Waals surface area contributed by atoms with Crippen LogP contribution in [0.5, 0.6) is 0 Å². The van der Waals surface area contributed by atoms with Gasteiger partial charge in [-0.15, -0.1) is 0 Å². The summed E-state index contributed by atoms with van der Waals surface area (Å²) < 4.78 is 5.04. The largest absolute Gasteiger partial charge is 0.388 e. The topological polar surface area (TPSA) is 70.0 Å². The Balaban J connectivity index is 2.25. The molecule has 0 spiro atoms. The third-order valence-corrected chi connectivity index (χ3v) is 2.28. The lowest BCUT2D eigenvalue weighted by molar-refractivity contribution is -0.131. The average Bonchev–Trinajstić information content (AvgIpc) is 2.47. The van der Waals surface area contributed by atoms with Crippen molar-refractivity contribution in [3.05, 3.63) is 0 Å². The number of rotatable bonds is 4. The van der Waals surface area contributed by atoms with Crippen molar-refractivity contribution >= 4 is 5.91 Å². The molecule has 1 aliphatic rings. The Bertz CT molecular complexity index is 187. The Kier molecular flexibility index (Phi) is 4.31. The predicted octanol–water partition coefficient (Wildman–Crippen LogP) is -1.02. The fourth-order valence-electron chi connectivity index (χ4n) is 1.44. The number of nitrogens with zero attached hydrogens (tertiary/aromatic N) is 1. The first kappa shape index (κ1) is 11.4. The fraction of sp³-hybridized carbons (Fsp3) is 0.889. The lowest BCUT2D eigenvalue weighted by Gasteiger charge is -2.14. The van der Waals surface area contributed by atoms with Gasteiger partial charge >= 0.3 is 0 Å². The molecule has 1 rings (SSSR count). The number of carbonyl (C=O) groups is 1. The Morgan fingerprint density at radius 3 is 2.50 bits per heavy atom. The summed E-state index contributed by atoms with van der Waals surface area (Å²) in [7, 11) is 0. The lowest BCUT2D eigenvalue weighted by atomic mass is 10.3. The van der Waals surface area contributed by atoms with E-state index in [1.165, 1.54) is 4.90 Å². The van der Waals surface area contributed by atoms with Crippen LogP contribution >= 0.6 is 0 Å². The van der Waals surface area contributed by atoms with E-state index in [2.05, 4.69) is 0 Å². The van der Waals surface area contributed by atoms with Crippen molar-refractivity contribution in [1.29, 1.82) is 0 Å². The summed E-state index contributed by atoms with van der Waals surface area (Å²) in [5.41, 5.74) is 0. The number of ether oxygens (including phenoxy) is 1. The summed E-state index contributed by atoms with van der Waals surface area (Å²) in [5, 5.41) is 18.4. The van der Waals surface area contributed by atoms with E-state index in [-0.39, 0.29) is 19.0 Å². The molecule has 5 heteroatoms. The molecule has 14 heavy (non-hydrogen) atoms. The molecule has 0 saturated carbocycles. The van der Waals surface area contributed by atoms with Gasteiger partial charge in [-0.05, 0) is 6.92 Å². The second kappa shape index (κ2) is 5.29. The highest BCUT2D eigenvalue weighted by Gasteiger charge is 2.31. The quantitative estimate of drug-likeness (QED) is 0.574. The van der Waals surface area contributed by atoms with Gasteiger partial charge < -0.3 is 19.8 Å². The minimum atomic E-state index is -0.800. The maximum atomic E-state index is 11.4. The predicted molar refractivity (Wildman–Crippen MR) is 49.7 cm³/mol. The van der Waals surface area contributed by atoms with Crippen LogP contribution in [0.25, 0.3) is 0 Å². The molecule has 0 bridgehead atoms. The van der Waals surface area contributed by atoms with Gasteiger partial charge in [0.05, 0.1) is 25.2 Å². The maximum absolute atomic E-state index is 11.4. The van der Waals surface area contributed by atoms with Crippen LogP contribution < -0.4 is 0 Å². The van der Waals surface area contributed by atoms with E-state index in [0.717, 1.165) is 0 Å². The zero-order valence-electron chi connectivity index (χ0n) is 8.35. The molecule has 2 N–H and O–H groups in total. The summed E-state index contributed by atoms with van der Waals surface area (Å²) in [6.45, 7) is 3.32. The second-order valence-corrected chi connectivity index (χ2v) is 3.38. The highest BCUT2D eigenvalue weighted by atomic mass is 16.5. The van der Waals surface area contributed by atoms with Gasteiger partial charge in [-0.1, -0.05) is 0 Å². The first-order valence-corrected chi connectivity index (χ1v) is 4.86. The SMILES string of the molecule is CCOCCC(=O)N1CC(O)C(O)C1. The molecule has 0 aromatic heterocycles. The van der Waals surface area contributed by atoms with Crippen LogP contribution in [-0.4, -0.2) is 59.5 Å². The van der Waals surface area contributed by atoms with Crippen molar-refractivity contribution in [2.45, 2.75) is 25.6 Å². The average molecular weight is 203 g/mol. The van der Waals surface area contributed by atoms with Crippen molar-refractivity contribution in [3.63, 3.8) is 0 Å². The minimum Gasteiger partial charge on any atom is -0.388 e. The lowest BCUT2D eigenvalue weighted by Crippen LogP contribution is -2.30. The zero-order valence-corrected chi connectivity index (χ0v) is 8.35. The number of hydrogen-bond acceptors (Lipinski definition) is 4. The summed E-state index contributed by atoms with van der Waals surface area (Å²) in [6, 6.07) is 0. The monoisotopic (exact) mass is 203 g/mol. The molecule has 2 atom stereocenters. The van der Waals surface area contributed by atoms with Crippen LogP contribution in [0.15, 0.2) is 0 Å². The number of aliphatic hydroxyl groups excluding tert-OH is 2. The highest BCUT2D eigenvalue weighted by molar-refractivity contribution is 5.76. The molecule has 0 radical (unpaired) electrons. The Morgan fingerprint density at radius 1 is 1.43 bits per heavy atom. The number of likely N-dealkylation sites (tertiary alicyclic amines) is 1. The third-order valence-electron chi connectivity index (χ3n) is 2.28. The van der Waals surface area contributed by atoms with Gasteiger partial charge in [-0.25, -0.2) is 0 Å². The third kappa shape index (κ3) is 2.94. The van der Waals surface area contributed by atoms with E-state index in [1.54, 1.807) is 0 Å². The van der Waals surface area contributed by atoms with Gasteiger partial charge in [0.1, 0.15) is 0 Å². The molecule has 82 valence electrons. The number of amides is 1. The van der Waals surface area contributed by atoms with E-state index in [4.69, 9.17) is 4.74 Å². The summed E-state index contributed by atoms with van der Waals surface area (Å²) >= 11 is 0. The van der Waals surface area contributed by atoms with E-state index in [0.29, 0.717) is 19.6 Å². The van der Waals surface area contributed by atoms with Crippen LogP contribution in [0.2, 0.25) is 0 Å². The first-order chi connectivity index (χ1) is 6.65. The van der Waals surface area contributed by atoms with Gasteiger partial charge in [0, 0.05) is 19.7 Å².